The van der Waals surface area contributed by atoms with E-state index in [9.17, 15) is 8.78 Å². The third kappa shape index (κ3) is 3.62. The van der Waals surface area contributed by atoms with E-state index in [2.05, 4.69) is 15.1 Å². The zero-order valence-electron chi connectivity index (χ0n) is 13.8. The number of pyridine rings is 1. The predicted octanol–water partition coefficient (Wildman–Crippen LogP) is 5.33. The van der Waals surface area contributed by atoms with E-state index >= 15 is 0 Å². The summed E-state index contributed by atoms with van der Waals surface area (Å²) in [7, 11) is 0. The van der Waals surface area contributed by atoms with Crippen molar-refractivity contribution in [1.29, 1.82) is 0 Å². The molecule has 3 aromatic heterocycles. The third-order valence-corrected chi connectivity index (χ3v) is 3.95. The molecule has 0 amide bonds. The van der Waals surface area contributed by atoms with Crippen LogP contribution in [-0.4, -0.2) is 19.6 Å². The zero-order chi connectivity index (χ0) is 18.1. The first-order valence-electron chi connectivity index (χ1n) is 7.92. The summed E-state index contributed by atoms with van der Waals surface area (Å²) in [5, 5.41) is 4.30. The number of ether oxygens (including phenoxy) is 1. The van der Waals surface area contributed by atoms with Gasteiger partial charge in [-0.15, -0.1) is 0 Å². The lowest BCUT2D eigenvalue weighted by Crippen LogP contribution is -2.06. The van der Waals surface area contributed by atoms with E-state index in [1.807, 2.05) is 24.3 Å². The fourth-order valence-corrected chi connectivity index (χ4v) is 2.66. The lowest BCUT2D eigenvalue weighted by molar-refractivity contribution is 0.0174. The van der Waals surface area contributed by atoms with Crippen molar-refractivity contribution in [2.24, 2.45) is 0 Å². The molecule has 7 heteroatoms. The minimum atomic E-state index is -2.89. The summed E-state index contributed by atoms with van der Waals surface area (Å²) in [6, 6.07) is 13.3. The van der Waals surface area contributed by atoms with E-state index in [0.29, 0.717) is 17.2 Å². The normalized spacial score (nSPS) is 11.2. The van der Waals surface area contributed by atoms with Crippen LogP contribution in [0, 0.1) is 0 Å². The Morgan fingerprint density at radius 2 is 1.81 bits per heavy atom. The van der Waals surface area contributed by atoms with E-state index in [1.165, 1.54) is 30.6 Å². The Labute approximate surface area is 155 Å². The molecule has 0 saturated heterocycles. The average Bonchev–Trinajstić information content (AvgIpc) is 3.11. The summed E-state index contributed by atoms with van der Waals surface area (Å²) >= 11 is 0. The topological polar surface area (TPSA) is 52.3 Å². The molecule has 138 valence electrons. The molecule has 0 aliphatic heterocycles. The number of hydrogen-bond acceptors (Lipinski definition) is 4. The number of rotatable bonds is 4. The van der Waals surface area contributed by atoms with Crippen molar-refractivity contribution >= 4 is 5.52 Å². The summed E-state index contributed by atoms with van der Waals surface area (Å²) in [5.41, 5.74) is 2.26. The highest BCUT2D eigenvalue weighted by Gasteiger charge is 2.24. The summed E-state index contributed by atoms with van der Waals surface area (Å²) in [6.45, 7) is 0.857. The van der Waals surface area contributed by atoms with Gasteiger partial charge in [-0.05, 0) is 42.5 Å². The maximum absolute atomic E-state index is 13.3. The lowest BCUT2D eigenvalue weighted by Gasteiger charge is -2.13. The van der Waals surface area contributed by atoms with Gasteiger partial charge in [0.1, 0.15) is 12.1 Å². The van der Waals surface area contributed by atoms with Crippen LogP contribution >= 0.6 is 0 Å². The Balaban J connectivity index is 0.00000210. The number of benzene rings is 1. The largest absolute Gasteiger partial charge is 0.438 e. The highest BCUT2D eigenvalue weighted by atomic mass is 19.3. The number of fused-ring (bicyclic) bond motifs is 1. The summed E-state index contributed by atoms with van der Waals surface area (Å²) in [6.07, 6.45) is 4.71. The Morgan fingerprint density at radius 1 is 1.04 bits per heavy atom. The molecule has 0 radical (unpaired) electrons. The molecule has 5 nitrogen and oxygen atoms in total. The van der Waals surface area contributed by atoms with Gasteiger partial charge in [0.15, 0.2) is 0 Å². The van der Waals surface area contributed by atoms with Crippen LogP contribution in [0.1, 0.15) is 19.9 Å². The third-order valence-electron chi connectivity index (χ3n) is 3.95. The quantitative estimate of drug-likeness (QED) is 0.488. The van der Waals surface area contributed by atoms with Crippen molar-refractivity contribution in [1.82, 2.24) is 19.6 Å². The fraction of sp³-hybridized carbons (Fsp3) is 0.150. The van der Waals surface area contributed by atoms with E-state index < -0.39 is 5.92 Å². The van der Waals surface area contributed by atoms with Crippen molar-refractivity contribution in [2.45, 2.75) is 20.3 Å². The first kappa shape index (κ1) is 18.4. The first-order chi connectivity index (χ1) is 12.5. The molecule has 4 aromatic rings. The standard InChI is InChI=1S/C19H14F2N4O.CH4/c1-19(20,21)13-5-7-15(8-6-13)26-18-16(11-22-12-23-18)17-4-2-3-14-9-10-24-25(14)17;/h2-12H,1H3;1H4. The van der Waals surface area contributed by atoms with Gasteiger partial charge in [-0.1, -0.05) is 13.5 Å². The Hall–Kier alpha value is -3.35. The van der Waals surface area contributed by atoms with Gasteiger partial charge in [0.05, 0.1) is 23.0 Å². The fourth-order valence-electron chi connectivity index (χ4n) is 2.66. The van der Waals surface area contributed by atoms with Gasteiger partial charge < -0.3 is 4.74 Å². The highest BCUT2D eigenvalue weighted by molar-refractivity contribution is 5.68. The molecule has 27 heavy (non-hydrogen) atoms. The van der Waals surface area contributed by atoms with E-state index in [4.69, 9.17) is 4.74 Å². The number of aromatic nitrogens is 4. The smallest absolute Gasteiger partial charge is 0.270 e. The minimum Gasteiger partial charge on any atom is -0.438 e. The van der Waals surface area contributed by atoms with Crippen LogP contribution in [0.4, 0.5) is 8.78 Å². The molecule has 3 heterocycles. The van der Waals surface area contributed by atoms with Crippen molar-refractivity contribution in [3.8, 4) is 22.9 Å². The molecule has 0 saturated carbocycles. The zero-order valence-corrected chi connectivity index (χ0v) is 13.8. The molecule has 0 aliphatic rings. The maximum atomic E-state index is 13.3. The number of hydrogen-bond donors (Lipinski definition) is 0. The first-order valence-corrected chi connectivity index (χ1v) is 7.92. The van der Waals surface area contributed by atoms with Crippen LogP contribution in [0.25, 0.3) is 16.8 Å². The van der Waals surface area contributed by atoms with Gasteiger partial charge in [-0.25, -0.2) is 23.3 Å². The highest BCUT2D eigenvalue weighted by Crippen LogP contribution is 2.33. The van der Waals surface area contributed by atoms with Crippen LogP contribution in [0.15, 0.2) is 67.3 Å². The molecule has 0 aliphatic carbocycles. The SMILES string of the molecule is C.CC(F)(F)c1ccc(Oc2ncncc2-c2cccc3ccnn23)cc1. The van der Waals surface area contributed by atoms with Gasteiger partial charge in [-0.2, -0.15) is 5.10 Å². The number of halogens is 2. The van der Waals surface area contributed by atoms with Gasteiger partial charge in [0, 0.05) is 18.7 Å². The Kier molecular flexibility index (Phi) is 4.85. The van der Waals surface area contributed by atoms with Gasteiger partial charge in [-0.3, -0.25) is 0 Å². The number of nitrogens with zero attached hydrogens (tertiary/aromatic N) is 4. The molecule has 4 rings (SSSR count). The average molecular weight is 368 g/mol. The lowest BCUT2D eigenvalue weighted by atomic mass is 10.1. The number of alkyl halides is 2. The molecule has 0 spiro atoms. The molecule has 1 aromatic carbocycles. The molecular formula is C20H18F2N4O. The van der Waals surface area contributed by atoms with Crippen LogP contribution < -0.4 is 4.74 Å². The second-order valence-electron chi connectivity index (χ2n) is 5.84. The van der Waals surface area contributed by atoms with Gasteiger partial charge >= 0.3 is 0 Å². The molecular weight excluding hydrogens is 350 g/mol. The maximum Gasteiger partial charge on any atom is 0.270 e. The van der Waals surface area contributed by atoms with Crippen LogP contribution in [0.3, 0.4) is 0 Å². The molecule has 0 bridgehead atoms. The second kappa shape index (κ2) is 7.11. The minimum absolute atomic E-state index is 0. The van der Waals surface area contributed by atoms with Crippen LogP contribution in [-0.2, 0) is 5.92 Å². The molecule has 0 unspecified atom stereocenters. The van der Waals surface area contributed by atoms with Crippen LogP contribution in [0.2, 0.25) is 0 Å². The monoisotopic (exact) mass is 368 g/mol. The molecule has 0 N–H and O–H groups in total. The van der Waals surface area contributed by atoms with Gasteiger partial charge in [0.25, 0.3) is 5.92 Å². The van der Waals surface area contributed by atoms with Crippen molar-refractivity contribution in [3.63, 3.8) is 0 Å². The Bertz CT molecular complexity index is 1060. The van der Waals surface area contributed by atoms with Crippen molar-refractivity contribution in [2.75, 3.05) is 0 Å². The summed E-state index contributed by atoms with van der Waals surface area (Å²) in [5.74, 6) is -2.17. The van der Waals surface area contributed by atoms with Gasteiger partial charge in [0.2, 0.25) is 5.88 Å². The Morgan fingerprint density at radius 3 is 2.56 bits per heavy atom. The van der Waals surface area contributed by atoms with E-state index in [-0.39, 0.29) is 13.0 Å². The summed E-state index contributed by atoms with van der Waals surface area (Å²) < 4.78 is 34.3. The summed E-state index contributed by atoms with van der Waals surface area (Å²) in [4.78, 5) is 8.26. The molecule has 0 atom stereocenters. The van der Waals surface area contributed by atoms with E-state index in [1.54, 1.807) is 16.9 Å². The molecule has 0 fully saturated rings. The predicted molar refractivity (Wildman–Crippen MR) is 99.0 cm³/mol. The van der Waals surface area contributed by atoms with Crippen molar-refractivity contribution in [3.05, 3.63) is 72.8 Å². The van der Waals surface area contributed by atoms with Crippen LogP contribution in [0.5, 0.6) is 11.6 Å². The second-order valence-corrected chi connectivity index (χ2v) is 5.84. The van der Waals surface area contributed by atoms with Crippen molar-refractivity contribution < 1.29 is 13.5 Å². The van der Waals surface area contributed by atoms with E-state index in [0.717, 1.165) is 18.1 Å².